The number of aryl methyl sites for hydroxylation is 2. The van der Waals surface area contributed by atoms with E-state index in [0.717, 1.165) is 79.5 Å². The van der Waals surface area contributed by atoms with Crippen LogP contribution in [-0.2, 0) is 9.59 Å². The van der Waals surface area contributed by atoms with E-state index in [4.69, 9.17) is 0 Å². The molecule has 0 bridgehead atoms. The zero-order valence-corrected chi connectivity index (χ0v) is 20.4. The smallest absolute Gasteiger partial charge is 0.234 e. The number of anilines is 2. The molecule has 2 amide bonds. The lowest BCUT2D eigenvalue weighted by Gasteiger charge is -2.35. The molecule has 7 nitrogen and oxygen atoms in total. The number of benzene rings is 1. The van der Waals surface area contributed by atoms with Crippen LogP contribution in [0.25, 0.3) is 0 Å². The fourth-order valence-electron chi connectivity index (χ4n) is 4.48. The average molecular weight is 468 g/mol. The van der Waals surface area contributed by atoms with Gasteiger partial charge in [-0.25, -0.2) is 0 Å². The zero-order valence-electron chi connectivity index (χ0n) is 19.5. The molecule has 0 saturated carbocycles. The summed E-state index contributed by atoms with van der Waals surface area (Å²) in [7, 11) is 0. The lowest BCUT2D eigenvalue weighted by atomic mass is 9.94. The maximum Gasteiger partial charge on any atom is 0.234 e. The monoisotopic (exact) mass is 467 g/mol. The van der Waals surface area contributed by atoms with Gasteiger partial charge in [0.05, 0.1) is 5.75 Å². The third-order valence-corrected chi connectivity index (χ3v) is 7.40. The van der Waals surface area contributed by atoms with Crippen LogP contribution in [0.15, 0.2) is 35.4 Å². The topological polar surface area (TPSA) is 78.4 Å². The molecule has 2 aromatic rings. The Hall–Kier alpha value is -2.61. The molecule has 1 aromatic heterocycles. The molecule has 0 spiro atoms. The summed E-state index contributed by atoms with van der Waals surface area (Å²) < 4.78 is 0. The molecule has 0 aliphatic carbocycles. The molecule has 33 heavy (non-hydrogen) atoms. The summed E-state index contributed by atoms with van der Waals surface area (Å²) in [6.07, 6.45) is 5.25. The Kier molecular flexibility index (Phi) is 7.85. The molecule has 1 aromatic carbocycles. The molecule has 0 atom stereocenters. The maximum absolute atomic E-state index is 12.8. The van der Waals surface area contributed by atoms with Crippen molar-refractivity contribution in [2.75, 3.05) is 42.1 Å². The molecule has 8 heteroatoms. The normalized spacial score (nSPS) is 17.2. The Labute approximate surface area is 200 Å². The highest BCUT2D eigenvalue weighted by Gasteiger charge is 2.29. The summed E-state index contributed by atoms with van der Waals surface area (Å²) in [5, 5.41) is 12.4. The summed E-state index contributed by atoms with van der Waals surface area (Å²) in [5.41, 5.74) is 3.01. The van der Waals surface area contributed by atoms with Crippen molar-refractivity contribution >= 4 is 35.1 Å². The fourth-order valence-corrected chi connectivity index (χ4v) is 5.10. The number of carbonyl (C=O) groups excluding carboxylic acids is 2. The van der Waals surface area contributed by atoms with E-state index < -0.39 is 0 Å². The van der Waals surface area contributed by atoms with Crippen molar-refractivity contribution in [1.82, 2.24) is 15.1 Å². The molecule has 2 aliphatic heterocycles. The van der Waals surface area contributed by atoms with Crippen LogP contribution in [0.2, 0.25) is 0 Å². The average Bonchev–Trinajstić information content (AvgIpc) is 2.85. The predicted molar refractivity (Wildman–Crippen MR) is 133 cm³/mol. The van der Waals surface area contributed by atoms with Gasteiger partial charge in [-0.15, -0.1) is 10.2 Å². The van der Waals surface area contributed by atoms with E-state index in [-0.39, 0.29) is 17.6 Å². The SMILES string of the molecule is Cc1ccc(C)c(NC(=O)CSc2ccc(N3CCC(C(=O)N4CCCCC4)CC3)nn2)c1. The third-order valence-electron chi connectivity index (χ3n) is 6.48. The minimum atomic E-state index is -0.0555. The van der Waals surface area contributed by atoms with Crippen LogP contribution in [0, 0.1) is 19.8 Å². The quantitative estimate of drug-likeness (QED) is 0.646. The standard InChI is InChI=1S/C25H33N5O2S/c1-18-6-7-19(2)21(16-18)26-23(31)17-33-24-9-8-22(27-28-24)29-14-10-20(11-15-29)25(32)30-12-4-3-5-13-30/h6-9,16,20H,3-5,10-15,17H2,1-2H3,(H,26,31). The first-order valence-corrected chi connectivity index (χ1v) is 12.9. The van der Waals surface area contributed by atoms with Crippen molar-refractivity contribution in [3.63, 3.8) is 0 Å². The van der Waals surface area contributed by atoms with Crippen LogP contribution in [0.1, 0.15) is 43.2 Å². The number of nitrogens with zero attached hydrogens (tertiary/aromatic N) is 4. The van der Waals surface area contributed by atoms with E-state index in [9.17, 15) is 9.59 Å². The first-order valence-electron chi connectivity index (χ1n) is 11.9. The van der Waals surface area contributed by atoms with Crippen LogP contribution in [0.4, 0.5) is 11.5 Å². The molecule has 2 fully saturated rings. The van der Waals surface area contributed by atoms with Gasteiger partial charge in [0.2, 0.25) is 11.8 Å². The Morgan fingerprint density at radius 2 is 1.76 bits per heavy atom. The highest BCUT2D eigenvalue weighted by Crippen LogP contribution is 2.25. The number of hydrogen-bond donors (Lipinski definition) is 1. The van der Waals surface area contributed by atoms with Gasteiger partial charge in [-0.1, -0.05) is 23.9 Å². The molecule has 0 unspecified atom stereocenters. The van der Waals surface area contributed by atoms with Gasteiger partial charge in [-0.05, 0) is 75.3 Å². The minimum absolute atomic E-state index is 0.0555. The Morgan fingerprint density at radius 3 is 2.45 bits per heavy atom. The van der Waals surface area contributed by atoms with E-state index in [2.05, 4.69) is 25.3 Å². The zero-order chi connectivity index (χ0) is 23.2. The van der Waals surface area contributed by atoms with Crippen LogP contribution in [0.3, 0.4) is 0 Å². The minimum Gasteiger partial charge on any atom is -0.355 e. The van der Waals surface area contributed by atoms with E-state index in [1.54, 1.807) is 0 Å². The fraction of sp³-hybridized carbons (Fsp3) is 0.520. The number of rotatable bonds is 6. The first kappa shape index (κ1) is 23.5. The van der Waals surface area contributed by atoms with E-state index in [0.29, 0.717) is 5.91 Å². The molecule has 176 valence electrons. The van der Waals surface area contributed by atoms with Gasteiger partial charge in [0.1, 0.15) is 5.03 Å². The van der Waals surface area contributed by atoms with Crippen LogP contribution in [-0.4, -0.2) is 58.8 Å². The number of carbonyl (C=O) groups is 2. The van der Waals surface area contributed by atoms with E-state index in [1.807, 2.05) is 44.2 Å². The van der Waals surface area contributed by atoms with Crippen LogP contribution >= 0.6 is 11.8 Å². The molecule has 4 rings (SSSR count). The first-order chi connectivity index (χ1) is 16.0. The van der Waals surface area contributed by atoms with Crippen LogP contribution < -0.4 is 10.2 Å². The van der Waals surface area contributed by atoms with Crippen molar-refractivity contribution < 1.29 is 9.59 Å². The lowest BCUT2D eigenvalue weighted by molar-refractivity contribution is -0.137. The van der Waals surface area contributed by atoms with E-state index >= 15 is 0 Å². The van der Waals surface area contributed by atoms with Crippen molar-refractivity contribution in [2.45, 2.75) is 51.0 Å². The van der Waals surface area contributed by atoms with Gasteiger partial charge in [-0.2, -0.15) is 0 Å². The molecule has 1 N–H and O–H groups in total. The Balaban J connectivity index is 1.23. The third kappa shape index (κ3) is 6.25. The van der Waals surface area contributed by atoms with Gasteiger partial charge in [0.25, 0.3) is 0 Å². The Morgan fingerprint density at radius 1 is 1.00 bits per heavy atom. The summed E-state index contributed by atoms with van der Waals surface area (Å²) in [5.74, 6) is 1.54. The van der Waals surface area contributed by atoms with E-state index in [1.165, 1.54) is 18.2 Å². The highest BCUT2D eigenvalue weighted by molar-refractivity contribution is 7.99. The van der Waals surface area contributed by atoms with Crippen molar-refractivity contribution in [2.24, 2.45) is 5.92 Å². The van der Waals surface area contributed by atoms with Crippen molar-refractivity contribution in [1.29, 1.82) is 0 Å². The number of amides is 2. The van der Waals surface area contributed by atoms with Crippen LogP contribution in [0.5, 0.6) is 0 Å². The molecule has 2 saturated heterocycles. The van der Waals surface area contributed by atoms with Gasteiger partial charge in [-0.3, -0.25) is 9.59 Å². The summed E-state index contributed by atoms with van der Waals surface area (Å²) in [6.45, 7) is 7.49. The molecular weight excluding hydrogens is 434 g/mol. The van der Waals surface area contributed by atoms with Crippen molar-refractivity contribution in [3.05, 3.63) is 41.5 Å². The Bertz CT molecular complexity index is 967. The molecule has 2 aliphatic rings. The van der Waals surface area contributed by atoms with Crippen molar-refractivity contribution in [3.8, 4) is 0 Å². The number of likely N-dealkylation sites (tertiary alicyclic amines) is 1. The number of hydrogen-bond acceptors (Lipinski definition) is 6. The molecular formula is C25H33N5O2S. The van der Waals surface area contributed by atoms with Gasteiger partial charge in [0.15, 0.2) is 5.82 Å². The second kappa shape index (κ2) is 11.0. The van der Waals surface area contributed by atoms with Gasteiger partial charge in [0, 0.05) is 37.8 Å². The molecule has 0 radical (unpaired) electrons. The largest absolute Gasteiger partial charge is 0.355 e. The second-order valence-corrected chi connectivity index (χ2v) is 10.0. The lowest BCUT2D eigenvalue weighted by Crippen LogP contribution is -2.44. The van der Waals surface area contributed by atoms with Gasteiger partial charge < -0.3 is 15.1 Å². The number of aromatic nitrogens is 2. The summed E-state index contributed by atoms with van der Waals surface area (Å²) >= 11 is 1.38. The number of piperidine rings is 2. The molecule has 3 heterocycles. The summed E-state index contributed by atoms with van der Waals surface area (Å²) in [6, 6.07) is 9.91. The summed E-state index contributed by atoms with van der Waals surface area (Å²) in [4.78, 5) is 29.4. The number of nitrogens with one attached hydrogen (secondary N) is 1. The predicted octanol–water partition coefficient (Wildman–Crippen LogP) is 4.05. The number of thioether (sulfide) groups is 1. The second-order valence-electron chi connectivity index (χ2n) is 9.03. The maximum atomic E-state index is 12.8. The highest BCUT2D eigenvalue weighted by atomic mass is 32.2. The van der Waals surface area contributed by atoms with Gasteiger partial charge >= 0.3 is 0 Å².